The molecule has 3 heterocycles. The van der Waals surface area contributed by atoms with Gasteiger partial charge in [-0.05, 0) is 69.8 Å². The number of hydrogen-bond donors (Lipinski definition) is 0. The van der Waals surface area contributed by atoms with Crippen LogP contribution in [0.2, 0.25) is 0 Å². The van der Waals surface area contributed by atoms with E-state index in [9.17, 15) is 0 Å². The number of rotatable bonds is 6. The number of nitrogens with zero attached hydrogens (tertiary/aromatic N) is 3. The Morgan fingerprint density at radius 3 is 1.62 bits per heavy atom. The summed E-state index contributed by atoms with van der Waals surface area (Å²) in [6.07, 6.45) is 0. The van der Waals surface area contributed by atoms with Crippen LogP contribution in [0.1, 0.15) is 0 Å². The van der Waals surface area contributed by atoms with Gasteiger partial charge in [0.05, 0.1) is 5.56 Å². The number of para-hydroxylation sites is 1. The summed E-state index contributed by atoms with van der Waals surface area (Å²) in [5, 5.41) is 4.58. The first-order valence-electron chi connectivity index (χ1n) is 18.7. The molecule has 0 fully saturated rings. The van der Waals surface area contributed by atoms with Gasteiger partial charge in [-0.2, -0.15) is 0 Å². The first kappa shape index (κ1) is 32.2. The molecule has 0 bridgehead atoms. The molecule has 0 aliphatic heterocycles. The van der Waals surface area contributed by atoms with Crippen LogP contribution in [-0.4, -0.2) is 15.0 Å². The average molecular weight is 734 g/mol. The summed E-state index contributed by atoms with van der Waals surface area (Å²) in [5.41, 5.74) is 11.3. The Morgan fingerprint density at radius 1 is 0.339 bits per heavy atom. The third-order valence-electron chi connectivity index (χ3n) is 10.6. The fourth-order valence-corrected chi connectivity index (χ4v) is 9.08. The van der Waals surface area contributed by atoms with Gasteiger partial charge in [-0.1, -0.05) is 152 Å². The normalized spacial score (nSPS) is 11.6. The van der Waals surface area contributed by atoms with Crippen molar-refractivity contribution in [3.05, 3.63) is 188 Å². The Kier molecular flexibility index (Phi) is 7.64. The van der Waals surface area contributed by atoms with E-state index >= 15 is 0 Å². The van der Waals surface area contributed by atoms with Crippen LogP contribution in [0.4, 0.5) is 0 Å². The Bertz CT molecular complexity index is 3180. The topological polar surface area (TPSA) is 51.8 Å². The lowest BCUT2D eigenvalue weighted by Gasteiger charge is -2.13. The van der Waals surface area contributed by atoms with Crippen molar-refractivity contribution < 1.29 is 4.42 Å². The van der Waals surface area contributed by atoms with Gasteiger partial charge in [0.2, 0.25) is 0 Å². The quantitative estimate of drug-likeness (QED) is 0.171. The largest absolute Gasteiger partial charge is 0.455 e. The molecule has 262 valence electrons. The van der Waals surface area contributed by atoms with Crippen LogP contribution in [0.3, 0.4) is 0 Å². The van der Waals surface area contributed by atoms with Gasteiger partial charge in [-0.15, -0.1) is 11.3 Å². The molecule has 0 N–H and O–H groups in total. The van der Waals surface area contributed by atoms with E-state index in [-0.39, 0.29) is 0 Å². The maximum absolute atomic E-state index is 6.87. The van der Waals surface area contributed by atoms with Crippen molar-refractivity contribution in [3.63, 3.8) is 0 Å². The number of aromatic nitrogens is 3. The smallest absolute Gasteiger partial charge is 0.167 e. The summed E-state index contributed by atoms with van der Waals surface area (Å²) in [7, 11) is 0. The Balaban J connectivity index is 1.11. The lowest BCUT2D eigenvalue weighted by Crippen LogP contribution is -2.00. The summed E-state index contributed by atoms with van der Waals surface area (Å²) in [5.74, 6) is 1.80. The summed E-state index contributed by atoms with van der Waals surface area (Å²) < 4.78 is 9.39. The zero-order chi connectivity index (χ0) is 37.0. The van der Waals surface area contributed by atoms with Gasteiger partial charge in [0.1, 0.15) is 11.2 Å². The van der Waals surface area contributed by atoms with Crippen LogP contribution in [0.25, 0.3) is 110 Å². The standard InChI is InChI=1S/C51H31N3OS/c1-4-15-32(16-5-1)37-21-10-11-22-38(37)36-29-43(47-41-23-12-13-26-45(41)56-46(47)31-36)35-27-28-39-40-24-14-25-42(48(40)55-44(39)30-35)51-53-49(33-17-6-2-7-18-33)52-50(54-51)34-19-8-3-9-20-34/h1-31H. The fraction of sp³-hybridized carbons (Fsp3) is 0. The van der Waals surface area contributed by atoms with Crippen molar-refractivity contribution in [2.45, 2.75) is 0 Å². The summed E-state index contributed by atoms with van der Waals surface area (Å²) in [6.45, 7) is 0. The second kappa shape index (κ2) is 13.3. The van der Waals surface area contributed by atoms with E-state index in [1.807, 2.05) is 78.1 Å². The van der Waals surface area contributed by atoms with Crippen LogP contribution in [0.15, 0.2) is 192 Å². The van der Waals surface area contributed by atoms with Gasteiger partial charge in [0, 0.05) is 42.1 Å². The molecule has 8 aromatic carbocycles. The predicted octanol–water partition coefficient (Wildman–Crippen LogP) is 14.1. The summed E-state index contributed by atoms with van der Waals surface area (Å²) in [6, 6.07) is 65.8. The maximum atomic E-state index is 6.87. The molecule has 0 saturated heterocycles. The molecule has 11 rings (SSSR count). The van der Waals surface area contributed by atoms with Crippen LogP contribution < -0.4 is 0 Å². The van der Waals surface area contributed by atoms with E-state index in [4.69, 9.17) is 19.4 Å². The summed E-state index contributed by atoms with van der Waals surface area (Å²) in [4.78, 5) is 15.0. The average Bonchev–Trinajstić information content (AvgIpc) is 3.85. The van der Waals surface area contributed by atoms with Gasteiger partial charge < -0.3 is 4.42 Å². The number of thiophene rings is 1. The number of benzene rings is 8. The minimum Gasteiger partial charge on any atom is -0.455 e. The zero-order valence-electron chi connectivity index (χ0n) is 30.1. The fourth-order valence-electron chi connectivity index (χ4n) is 7.91. The number of fused-ring (bicyclic) bond motifs is 6. The first-order valence-corrected chi connectivity index (χ1v) is 19.5. The lowest BCUT2D eigenvalue weighted by molar-refractivity contribution is 0.669. The third-order valence-corrected chi connectivity index (χ3v) is 11.7. The van der Waals surface area contributed by atoms with E-state index < -0.39 is 0 Å². The minimum absolute atomic E-state index is 0.568. The molecule has 4 nitrogen and oxygen atoms in total. The monoisotopic (exact) mass is 733 g/mol. The minimum atomic E-state index is 0.568. The molecule has 0 amide bonds. The Hall–Kier alpha value is -7.21. The number of furan rings is 1. The molecular weight excluding hydrogens is 703 g/mol. The van der Waals surface area contributed by atoms with Crippen LogP contribution in [0, 0.1) is 0 Å². The van der Waals surface area contributed by atoms with Gasteiger partial charge in [-0.25, -0.2) is 15.0 Å². The molecule has 0 atom stereocenters. The number of hydrogen-bond acceptors (Lipinski definition) is 5. The second-order valence-corrected chi connectivity index (χ2v) is 15.0. The first-order chi connectivity index (χ1) is 27.7. The van der Waals surface area contributed by atoms with E-state index in [1.54, 1.807) is 0 Å². The highest BCUT2D eigenvalue weighted by Crippen LogP contribution is 2.45. The van der Waals surface area contributed by atoms with E-state index in [0.29, 0.717) is 17.5 Å². The van der Waals surface area contributed by atoms with E-state index in [0.717, 1.165) is 44.2 Å². The highest BCUT2D eigenvalue weighted by molar-refractivity contribution is 7.26. The predicted molar refractivity (Wildman–Crippen MR) is 233 cm³/mol. The highest BCUT2D eigenvalue weighted by Gasteiger charge is 2.20. The van der Waals surface area contributed by atoms with Crippen molar-refractivity contribution in [3.8, 4) is 67.5 Å². The summed E-state index contributed by atoms with van der Waals surface area (Å²) >= 11 is 1.84. The van der Waals surface area contributed by atoms with Gasteiger partial charge in [-0.3, -0.25) is 0 Å². The third kappa shape index (κ3) is 5.48. The molecular formula is C51H31N3OS. The van der Waals surface area contributed by atoms with Crippen molar-refractivity contribution in [1.29, 1.82) is 0 Å². The van der Waals surface area contributed by atoms with Crippen molar-refractivity contribution in [2.24, 2.45) is 0 Å². The molecule has 0 aliphatic rings. The SMILES string of the molecule is c1ccc(-c2nc(-c3ccccc3)nc(-c3cccc4c3oc3cc(-c5cc(-c6ccccc6-c6ccccc6)cc6sc7ccccc7c56)ccc34)n2)cc1. The molecule has 0 saturated carbocycles. The Morgan fingerprint density at radius 2 is 0.911 bits per heavy atom. The van der Waals surface area contributed by atoms with Crippen molar-refractivity contribution in [2.75, 3.05) is 0 Å². The van der Waals surface area contributed by atoms with Gasteiger partial charge in [0.25, 0.3) is 0 Å². The molecule has 0 aliphatic carbocycles. The van der Waals surface area contributed by atoms with Crippen LogP contribution in [-0.2, 0) is 0 Å². The molecule has 3 aromatic heterocycles. The molecule has 0 unspecified atom stereocenters. The second-order valence-electron chi connectivity index (χ2n) is 13.9. The zero-order valence-corrected chi connectivity index (χ0v) is 30.9. The van der Waals surface area contributed by atoms with Gasteiger partial charge in [0.15, 0.2) is 17.5 Å². The molecule has 5 heteroatoms. The lowest BCUT2D eigenvalue weighted by atomic mass is 9.90. The van der Waals surface area contributed by atoms with Crippen molar-refractivity contribution in [1.82, 2.24) is 15.0 Å². The molecule has 56 heavy (non-hydrogen) atoms. The van der Waals surface area contributed by atoms with Crippen LogP contribution in [0.5, 0.6) is 0 Å². The molecule has 0 spiro atoms. The van der Waals surface area contributed by atoms with E-state index in [1.165, 1.54) is 48.0 Å². The maximum Gasteiger partial charge on any atom is 0.167 e. The van der Waals surface area contributed by atoms with Crippen molar-refractivity contribution >= 4 is 53.4 Å². The molecule has 11 aromatic rings. The Labute approximate surface area is 327 Å². The van der Waals surface area contributed by atoms with Gasteiger partial charge >= 0.3 is 0 Å². The van der Waals surface area contributed by atoms with E-state index in [2.05, 4.69) is 121 Å². The molecule has 0 radical (unpaired) electrons. The van der Waals surface area contributed by atoms with Crippen LogP contribution >= 0.6 is 11.3 Å². The highest BCUT2D eigenvalue weighted by atomic mass is 32.1.